The summed E-state index contributed by atoms with van der Waals surface area (Å²) in [4.78, 5) is 1.92. The van der Waals surface area contributed by atoms with Gasteiger partial charge in [0.15, 0.2) is 5.96 Å². The standard InChI is InChI=1S/C6H13N3.ClH/c7-6(8)9-4-2-1-3-5-9;/h1-5H2,(H3,7,8);1H. The molecule has 0 aliphatic carbocycles. The lowest BCUT2D eigenvalue weighted by Crippen LogP contribution is -2.39. The minimum absolute atomic E-state index is 0. The number of piperidine rings is 1. The molecule has 1 saturated heterocycles. The van der Waals surface area contributed by atoms with E-state index in [1.54, 1.807) is 0 Å². The molecule has 0 aromatic heterocycles. The average Bonchev–Trinajstić information content (AvgIpc) is 1.90. The smallest absolute Gasteiger partial charge is 0.188 e. The summed E-state index contributed by atoms with van der Waals surface area (Å²) in [5.41, 5.74) is 5.28. The third kappa shape index (κ3) is 2.43. The fourth-order valence-electron chi connectivity index (χ4n) is 1.13. The second-order valence-electron chi connectivity index (χ2n) is 2.43. The van der Waals surface area contributed by atoms with Gasteiger partial charge in [-0.1, -0.05) is 0 Å². The maximum absolute atomic E-state index is 7.09. The van der Waals surface area contributed by atoms with Crippen LogP contribution in [-0.4, -0.2) is 23.9 Å². The predicted octanol–water partition coefficient (Wildman–Crippen LogP) is 0.788. The minimum atomic E-state index is 0. The highest BCUT2D eigenvalue weighted by atomic mass is 35.5. The van der Waals surface area contributed by atoms with Crippen LogP contribution in [0.5, 0.6) is 0 Å². The fourth-order valence-corrected chi connectivity index (χ4v) is 1.13. The van der Waals surface area contributed by atoms with Gasteiger partial charge in [-0.25, -0.2) is 0 Å². The second-order valence-corrected chi connectivity index (χ2v) is 2.43. The van der Waals surface area contributed by atoms with Gasteiger partial charge in [-0.2, -0.15) is 0 Å². The minimum Gasteiger partial charge on any atom is -0.370 e. The van der Waals surface area contributed by atoms with Gasteiger partial charge in [0.05, 0.1) is 0 Å². The first-order valence-corrected chi connectivity index (χ1v) is 3.39. The van der Waals surface area contributed by atoms with Crippen molar-refractivity contribution in [1.29, 1.82) is 5.41 Å². The Morgan fingerprint density at radius 2 is 1.70 bits per heavy atom. The van der Waals surface area contributed by atoms with E-state index in [1.165, 1.54) is 19.3 Å². The lowest BCUT2D eigenvalue weighted by molar-refractivity contribution is 0.337. The maximum atomic E-state index is 7.09. The molecule has 4 heteroatoms. The van der Waals surface area contributed by atoms with E-state index < -0.39 is 0 Å². The van der Waals surface area contributed by atoms with Crippen molar-refractivity contribution in [3.8, 4) is 0 Å². The van der Waals surface area contributed by atoms with Gasteiger partial charge in [0, 0.05) is 13.1 Å². The summed E-state index contributed by atoms with van der Waals surface area (Å²) in [5.74, 6) is 0.231. The largest absolute Gasteiger partial charge is 0.370 e. The fraction of sp³-hybridized carbons (Fsp3) is 0.833. The first kappa shape index (κ1) is 9.56. The molecule has 1 rings (SSSR count). The van der Waals surface area contributed by atoms with Crippen LogP contribution in [0.3, 0.4) is 0 Å². The van der Waals surface area contributed by atoms with Crippen molar-refractivity contribution in [3.63, 3.8) is 0 Å². The summed E-state index contributed by atoms with van der Waals surface area (Å²) >= 11 is 0. The summed E-state index contributed by atoms with van der Waals surface area (Å²) in [6.45, 7) is 1.96. The Morgan fingerprint density at radius 3 is 2.00 bits per heavy atom. The molecule has 0 radical (unpaired) electrons. The number of nitrogens with two attached hydrogens (primary N) is 1. The van der Waals surface area contributed by atoms with E-state index in [0.717, 1.165) is 13.1 Å². The molecule has 0 aromatic carbocycles. The number of halogens is 1. The summed E-state index contributed by atoms with van der Waals surface area (Å²) < 4.78 is 0. The Labute approximate surface area is 67.5 Å². The van der Waals surface area contributed by atoms with Crippen LogP contribution in [0.4, 0.5) is 0 Å². The Hall–Kier alpha value is -0.440. The van der Waals surface area contributed by atoms with Crippen LogP contribution in [0.15, 0.2) is 0 Å². The molecule has 0 atom stereocenters. The zero-order chi connectivity index (χ0) is 6.69. The molecule has 1 aliphatic heterocycles. The third-order valence-corrected chi connectivity index (χ3v) is 1.70. The molecular formula is C6H14ClN3. The van der Waals surface area contributed by atoms with Gasteiger partial charge in [0.1, 0.15) is 0 Å². The normalized spacial score (nSPS) is 17.8. The molecule has 1 fully saturated rings. The van der Waals surface area contributed by atoms with Gasteiger partial charge in [0.25, 0.3) is 0 Å². The molecule has 10 heavy (non-hydrogen) atoms. The summed E-state index contributed by atoms with van der Waals surface area (Å²) in [6.07, 6.45) is 3.68. The van der Waals surface area contributed by atoms with Gasteiger partial charge in [-0.15, -0.1) is 12.4 Å². The molecule has 0 unspecified atom stereocenters. The first-order valence-electron chi connectivity index (χ1n) is 3.39. The Kier molecular flexibility index (Phi) is 4.19. The molecule has 1 heterocycles. The first-order chi connectivity index (χ1) is 4.30. The van der Waals surface area contributed by atoms with Gasteiger partial charge < -0.3 is 10.6 Å². The van der Waals surface area contributed by atoms with Gasteiger partial charge >= 0.3 is 0 Å². The van der Waals surface area contributed by atoms with E-state index in [9.17, 15) is 0 Å². The lowest BCUT2D eigenvalue weighted by Gasteiger charge is -2.26. The Balaban J connectivity index is 0.000000810. The van der Waals surface area contributed by atoms with E-state index in [0.29, 0.717) is 0 Å². The van der Waals surface area contributed by atoms with Crippen LogP contribution in [0, 0.1) is 5.41 Å². The maximum Gasteiger partial charge on any atom is 0.188 e. The van der Waals surface area contributed by atoms with Crippen LogP contribution < -0.4 is 5.73 Å². The van der Waals surface area contributed by atoms with E-state index in [-0.39, 0.29) is 18.4 Å². The van der Waals surface area contributed by atoms with Gasteiger partial charge in [-0.3, -0.25) is 5.41 Å². The van der Waals surface area contributed by atoms with Crippen LogP contribution in [-0.2, 0) is 0 Å². The van der Waals surface area contributed by atoms with Crippen molar-refractivity contribution in [2.75, 3.05) is 13.1 Å². The zero-order valence-electron chi connectivity index (χ0n) is 5.97. The highest BCUT2D eigenvalue weighted by Crippen LogP contribution is 2.06. The van der Waals surface area contributed by atoms with E-state index in [2.05, 4.69) is 0 Å². The monoisotopic (exact) mass is 163 g/mol. The summed E-state index contributed by atoms with van der Waals surface area (Å²) in [7, 11) is 0. The van der Waals surface area contributed by atoms with E-state index in [1.807, 2.05) is 4.90 Å². The highest BCUT2D eigenvalue weighted by Gasteiger charge is 2.09. The zero-order valence-corrected chi connectivity index (χ0v) is 6.78. The van der Waals surface area contributed by atoms with Crippen LogP contribution >= 0.6 is 12.4 Å². The second kappa shape index (κ2) is 4.39. The number of rotatable bonds is 0. The van der Waals surface area contributed by atoms with Gasteiger partial charge in [-0.05, 0) is 19.3 Å². The average molecular weight is 164 g/mol. The molecule has 0 amide bonds. The third-order valence-electron chi connectivity index (χ3n) is 1.70. The predicted molar refractivity (Wildman–Crippen MR) is 44.6 cm³/mol. The molecule has 0 spiro atoms. The van der Waals surface area contributed by atoms with Gasteiger partial charge in [0.2, 0.25) is 0 Å². The van der Waals surface area contributed by atoms with Crippen molar-refractivity contribution in [2.24, 2.45) is 5.73 Å². The van der Waals surface area contributed by atoms with Crippen molar-refractivity contribution in [3.05, 3.63) is 0 Å². The number of hydrogen-bond acceptors (Lipinski definition) is 1. The quantitative estimate of drug-likeness (QED) is 0.410. The molecule has 3 N–H and O–H groups in total. The van der Waals surface area contributed by atoms with E-state index >= 15 is 0 Å². The topological polar surface area (TPSA) is 53.1 Å². The molecule has 60 valence electrons. The lowest BCUT2D eigenvalue weighted by atomic mass is 10.1. The van der Waals surface area contributed by atoms with E-state index in [4.69, 9.17) is 11.1 Å². The van der Waals surface area contributed by atoms with Crippen molar-refractivity contribution in [1.82, 2.24) is 4.90 Å². The number of nitrogens with one attached hydrogen (secondary N) is 1. The Bertz CT molecular complexity index is 110. The molecule has 0 aromatic rings. The number of guanidine groups is 1. The van der Waals surface area contributed by atoms with Crippen LogP contribution in [0.1, 0.15) is 19.3 Å². The molecule has 3 nitrogen and oxygen atoms in total. The SMILES string of the molecule is Cl.N=C(N)N1CCCCC1. The summed E-state index contributed by atoms with van der Waals surface area (Å²) in [5, 5.41) is 7.09. The van der Waals surface area contributed by atoms with Crippen molar-refractivity contribution >= 4 is 18.4 Å². The Morgan fingerprint density at radius 1 is 1.20 bits per heavy atom. The van der Waals surface area contributed by atoms with Crippen LogP contribution in [0.2, 0.25) is 0 Å². The molecule has 0 saturated carbocycles. The summed E-state index contributed by atoms with van der Waals surface area (Å²) in [6, 6.07) is 0. The highest BCUT2D eigenvalue weighted by molar-refractivity contribution is 5.85. The molecule has 1 aliphatic rings. The van der Waals surface area contributed by atoms with Crippen LogP contribution in [0.25, 0.3) is 0 Å². The number of nitrogens with zero attached hydrogens (tertiary/aromatic N) is 1. The number of hydrogen-bond donors (Lipinski definition) is 2. The molecule has 0 bridgehead atoms. The molecular weight excluding hydrogens is 150 g/mol. The van der Waals surface area contributed by atoms with Crippen molar-refractivity contribution in [2.45, 2.75) is 19.3 Å². The number of likely N-dealkylation sites (tertiary alicyclic amines) is 1. The van der Waals surface area contributed by atoms with Crippen molar-refractivity contribution < 1.29 is 0 Å².